The molecule has 1 heterocycles. The van der Waals surface area contributed by atoms with Crippen molar-refractivity contribution in [2.24, 2.45) is 0 Å². The zero-order chi connectivity index (χ0) is 11.2. The van der Waals surface area contributed by atoms with Crippen LogP contribution in [0.15, 0.2) is 12.7 Å². The fourth-order valence-electron chi connectivity index (χ4n) is 2.36. The van der Waals surface area contributed by atoms with E-state index in [0.29, 0.717) is 12.1 Å². The summed E-state index contributed by atoms with van der Waals surface area (Å²) in [6, 6.07) is 1.11. The Morgan fingerprint density at radius 1 is 1.31 bits per heavy atom. The normalized spacial score (nSPS) is 20.6. The molecule has 1 aromatic rings. The fourth-order valence-corrected chi connectivity index (χ4v) is 2.36. The summed E-state index contributed by atoms with van der Waals surface area (Å²) < 4.78 is 1.92. The average molecular weight is 222 g/mol. The van der Waals surface area contributed by atoms with E-state index in [2.05, 4.69) is 22.3 Å². The molecule has 4 nitrogen and oxygen atoms in total. The van der Waals surface area contributed by atoms with Crippen molar-refractivity contribution >= 4 is 0 Å². The van der Waals surface area contributed by atoms with Gasteiger partial charge in [0.15, 0.2) is 0 Å². The number of nitrogens with one attached hydrogen (secondary N) is 1. The van der Waals surface area contributed by atoms with Gasteiger partial charge in [-0.25, -0.2) is 9.67 Å². The minimum absolute atomic E-state index is 0.394. The van der Waals surface area contributed by atoms with Gasteiger partial charge in [-0.3, -0.25) is 0 Å². The van der Waals surface area contributed by atoms with Crippen molar-refractivity contribution in [3.05, 3.63) is 12.7 Å². The van der Waals surface area contributed by atoms with Crippen molar-refractivity contribution in [2.75, 3.05) is 6.54 Å². The molecule has 1 N–H and O–H groups in total. The van der Waals surface area contributed by atoms with Crippen LogP contribution in [0.3, 0.4) is 0 Å². The van der Waals surface area contributed by atoms with Gasteiger partial charge in [-0.2, -0.15) is 5.10 Å². The van der Waals surface area contributed by atoms with E-state index in [0.717, 1.165) is 6.54 Å². The third-order valence-corrected chi connectivity index (χ3v) is 3.45. The summed E-state index contributed by atoms with van der Waals surface area (Å²) in [5.74, 6) is 0. The zero-order valence-corrected chi connectivity index (χ0v) is 10.1. The van der Waals surface area contributed by atoms with Gasteiger partial charge >= 0.3 is 0 Å². The van der Waals surface area contributed by atoms with Crippen LogP contribution in [0.4, 0.5) is 0 Å². The van der Waals surface area contributed by atoms with Crippen molar-refractivity contribution in [3.8, 4) is 0 Å². The van der Waals surface area contributed by atoms with Crippen molar-refractivity contribution < 1.29 is 0 Å². The highest BCUT2D eigenvalue weighted by molar-refractivity contribution is 4.74. The van der Waals surface area contributed by atoms with Crippen molar-refractivity contribution in [1.82, 2.24) is 20.1 Å². The standard InChI is InChI=1S/C12H22N4/c1-11(16-10-13-9-15-16)8-14-12-6-4-2-3-5-7-12/h9-12,14H,2-8H2,1H3. The van der Waals surface area contributed by atoms with Crippen LogP contribution in [0.25, 0.3) is 0 Å². The first kappa shape index (κ1) is 11.6. The van der Waals surface area contributed by atoms with Gasteiger partial charge in [0.05, 0.1) is 6.04 Å². The molecule has 1 aliphatic rings. The largest absolute Gasteiger partial charge is 0.312 e. The summed E-state index contributed by atoms with van der Waals surface area (Å²) in [6.45, 7) is 3.17. The second-order valence-corrected chi connectivity index (χ2v) is 4.82. The predicted octanol–water partition coefficient (Wildman–Crippen LogP) is 2.15. The maximum absolute atomic E-state index is 4.16. The van der Waals surface area contributed by atoms with Gasteiger partial charge in [-0.15, -0.1) is 0 Å². The van der Waals surface area contributed by atoms with Gasteiger partial charge < -0.3 is 5.32 Å². The van der Waals surface area contributed by atoms with E-state index in [-0.39, 0.29) is 0 Å². The number of hydrogen-bond donors (Lipinski definition) is 1. The quantitative estimate of drug-likeness (QED) is 0.794. The van der Waals surface area contributed by atoms with Crippen molar-refractivity contribution in [2.45, 2.75) is 57.5 Å². The van der Waals surface area contributed by atoms with Gasteiger partial charge in [0, 0.05) is 12.6 Å². The molecule has 1 aliphatic carbocycles. The lowest BCUT2D eigenvalue weighted by Gasteiger charge is -2.19. The lowest BCUT2D eigenvalue weighted by atomic mass is 10.1. The summed E-state index contributed by atoms with van der Waals surface area (Å²) in [4.78, 5) is 3.98. The molecule has 16 heavy (non-hydrogen) atoms. The molecule has 0 amide bonds. The highest BCUT2D eigenvalue weighted by Crippen LogP contribution is 2.17. The monoisotopic (exact) mass is 222 g/mol. The molecule has 0 bridgehead atoms. The average Bonchev–Trinajstić information content (AvgIpc) is 2.71. The SMILES string of the molecule is CC(CNC1CCCCCC1)n1cncn1. The summed E-state index contributed by atoms with van der Waals surface area (Å²) in [5, 5.41) is 7.82. The molecule has 0 spiro atoms. The van der Waals surface area contributed by atoms with E-state index in [1.807, 2.05) is 4.68 Å². The Balaban J connectivity index is 1.73. The van der Waals surface area contributed by atoms with Crippen LogP contribution >= 0.6 is 0 Å². The maximum Gasteiger partial charge on any atom is 0.137 e. The molecule has 0 saturated heterocycles. The molecular weight excluding hydrogens is 200 g/mol. The van der Waals surface area contributed by atoms with Crippen LogP contribution in [0.1, 0.15) is 51.5 Å². The lowest BCUT2D eigenvalue weighted by Crippen LogP contribution is -2.33. The van der Waals surface area contributed by atoms with E-state index in [4.69, 9.17) is 0 Å². The molecule has 4 heteroatoms. The Morgan fingerprint density at radius 3 is 2.69 bits per heavy atom. The number of nitrogens with zero attached hydrogens (tertiary/aromatic N) is 3. The van der Waals surface area contributed by atoms with E-state index < -0.39 is 0 Å². The van der Waals surface area contributed by atoms with Gasteiger partial charge in [0.1, 0.15) is 12.7 Å². The smallest absolute Gasteiger partial charge is 0.137 e. The summed E-state index contributed by atoms with van der Waals surface area (Å²) >= 11 is 0. The molecule has 0 aliphatic heterocycles. The Hall–Kier alpha value is -0.900. The topological polar surface area (TPSA) is 42.7 Å². The molecule has 1 fully saturated rings. The summed E-state index contributed by atoms with van der Waals surface area (Å²) in [7, 11) is 0. The van der Waals surface area contributed by atoms with Crippen LogP contribution in [-0.4, -0.2) is 27.4 Å². The number of aromatic nitrogens is 3. The summed E-state index contributed by atoms with van der Waals surface area (Å²) in [5.41, 5.74) is 0. The molecule has 1 atom stereocenters. The van der Waals surface area contributed by atoms with Crippen molar-refractivity contribution in [3.63, 3.8) is 0 Å². The first-order chi connectivity index (χ1) is 7.86. The van der Waals surface area contributed by atoms with Crippen LogP contribution in [-0.2, 0) is 0 Å². The molecule has 1 saturated carbocycles. The van der Waals surface area contributed by atoms with E-state index in [1.165, 1.54) is 38.5 Å². The van der Waals surface area contributed by atoms with Gasteiger partial charge in [0.25, 0.3) is 0 Å². The van der Waals surface area contributed by atoms with Crippen LogP contribution in [0.2, 0.25) is 0 Å². The second kappa shape index (κ2) is 5.99. The van der Waals surface area contributed by atoms with E-state index in [1.54, 1.807) is 12.7 Å². The third kappa shape index (κ3) is 3.30. The first-order valence-electron chi connectivity index (χ1n) is 6.44. The molecule has 1 unspecified atom stereocenters. The molecule has 2 rings (SSSR count). The highest BCUT2D eigenvalue weighted by Gasteiger charge is 2.13. The highest BCUT2D eigenvalue weighted by atomic mass is 15.3. The molecule has 90 valence electrons. The van der Waals surface area contributed by atoms with E-state index in [9.17, 15) is 0 Å². The van der Waals surface area contributed by atoms with Crippen LogP contribution in [0.5, 0.6) is 0 Å². The third-order valence-electron chi connectivity index (χ3n) is 3.45. The molecular formula is C12H22N4. The first-order valence-corrected chi connectivity index (χ1v) is 6.44. The number of rotatable bonds is 4. The van der Waals surface area contributed by atoms with Gasteiger partial charge in [-0.1, -0.05) is 25.7 Å². The van der Waals surface area contributed by atoms with Crippen molar-refractivity contribution in [1.29, 1.82) is 0 Å². The summed E-state index contributed by atoms with van der Waals surface area (Å²) in [6.07, 6.45) is 11.7. The predicted molar refractivity (Wildman–Crippen MR) is 64.2 cm³/mol. The minimum atomic E-state index is 0.394. The molecule has 0 aromatic carbocycles. The van der Waals surface area contributed by atoms with E-state index >= 15 is 0 Å². The lowest BCUT2D eigenvalue weighted by molar-refractivity contribution is 0.391. The van der Waals surface area contributed by atoms with Crippen LogP contribution < -0.4 is 5.32 Å². The maximum atomic E-state index is 4.16. The fraction of sp³-hybridized carbons (Fsp3) is 0.833. The minimum Gasteiger partial charge on any atom is -0.312 e. The Morgan fingerprint density at radius 2 is 2.06 bits per heavy atom. The number of hydrogen-bond acceptors (Lipinski definition) is 3. The molecule has 1 aromatic heterocycles. The second-order valence-electron chi connectivity index (χ2n) is 4.82. The molecule has 0 radical (unpaired) electrons. The van der Waals surface area contributed by atoms with Crippen LogP contribution in [0, 0.1) is 0 Å². The Bertz CT molecular complexity index is 275. The Labute approximate surface area is 97.5 Å². The van der Waals surface area contributed by atoms with Gasteiger partial charge in [-0.05, 0) is 19.8 Å². The van der Waals surface area contributed by atoms with Gasteiger partial charge in [0.2, 0.25) is 0 Å². The zero-order valence-electron chi connectivity index (χ0n) is 10.1. The Kier molecular flexibility index (Phi) is 4.34.